The van der Waals surface area contributed by atoms with Crippen LogP contribution in [0.2, 0.25) is 0 Å². The number of fused-ring (bicyclic) bond motifs is 1. The zero-order chi connectivity index (χ0) is 25.1. The van der Waals surface area contributed by atoms with Crippen LogP contribution in [0.5, 0.6) is 17.2 Å². The fraction of sp³-hybridized carbons (Fsp3) is 0.414. The van der Waals surface area contributed by atoms with Crippen molar-refractivity contribution in [3.63, 3.8) is 0 Å². The van der Waals surface area contributed by atoms with Crippen molar-refractivity contribution in [2.24, 2.45) is 0 Å². The minimum absolute atomic E-state index is 0.0141. The smallest absolute Gasteiger partial charge is 0.383 e. The van der Waals surface area contributed by atoms with Crippen molar-refractivity contribution in [3.05, 3.63) is 75.2 Å². The van der Waals surface area contributed by atoms with Gasteiger partial charge in [0.25, 0.3) is 0 Å². The predicted molar refractivity (Wildman–Crippen MR) is 140 cm³/mol. The molecule has 0 unspecified atom stereocenters. The van der Waals surface area contributed by atoms with Gasteiger partial charge in [0.2, 0.25) is 5.75 Å². The summed E-state index contributed by atoms with van der Waals surface area (Å²) in [6.45, 7) is 13.0. The van der Waals surface area contributed by atoms with Crippen molar-refractivity contribution in [1.82, 2.24) is 0 Å². The highest BCUT2D eigenvalue weighted by atomic mass is 16.5. The minimum atomic E-state index is -0.632. The third kappa shape index (κ3) is 8.97. The van der Waals surface area contributed by atoms with E-state index in [1.807, 2.05) is 19.1 Å². The van der Waals surface area contributed by atoms with E-state index >= 15 is 0 Å². The highest BCUT2D eigenvalue weighted by molar-refractivity contribution is 5.86. The highest BCUT2D eigenvalue weighted by Crippen LogP contribution is 2.34. The molecule has 34 heavy (non-hydrogen) atoms. The first-order valence-electron chi connectivity index (χ1n) is 11.8. The molecule has 5 heteroatoms. The summed E-state index contributed by atoms with van der Waals surface area (Å²) in [5, 5.41) is 10.4. The van der Waals surface area contributed by atoms with Crippen LogP contribution in [-0.2, 0) is 0 Å². The van der Waals surface area contributed by atoms with Gasteiger partial charge in [0.1, 0.15) is 24.5 Å². The van der Waals surface area contributed by atoms with E-state index < -0.39 is 5.63 Å². The number of hydrogen-bond acceptors (Lipinski definition) is 5. The van der Waals surface area contributed by atoms with Crippen molar-refractivity contribution in [1.29, 1.82) is 0 Å². The lowest BCUT2D eigenvalue weighted by atomic mass is 10.1. The lowest BCUT2D eigenvalue weighted by Gasteiger charge is -2.13. The molecule has 1 heterocycles. The summed E-state index contributed by atoms with van der Waals surface area (Å²) >= 11 is 0. The van der Waals surface area contributed by atoms with Gasteiger partial charge < -0.3 is 19.0 Å². The van der Waals surface area contributed by atoms with E-state index in [-0.39, 0.29) is 23.7 Å². The highest BCUT2D eigenvalue weighted by Gasteiger charge is 2.18. The Balaban J connectivity index is 2.21. The second-order valence-electron chi connectivity index (χ2n) is 9.09. The summed E-state index contributed by atoms with van der Waals surface area (Å²) in [5.74, 6) is 0.387. The second kappa shape index (κ2) is 13.5. The number of phenols is 1. The lowest BCUT2D eigenvalue weighted by Crippen LogP contribution is -2.11. The lowest BCUT2D eigenvalue weighted by molar-refractivity contribution is 0.295. The fourth-order valence-corrected chi connectivity index (χ4v) is 3.33. The van der Waals surface area contributed by atoms with Gasteiger partial charge in [0.15, 0.2) is 5.75 Å². The Morgan fingerprint density at radius 2 is 1.35 bits per heavy atom. The van der Waals surface area contributed by atoms with E-state index in [4.69, 9.17) is 13.9 Å². The largest absolute Gasteiger partial charge is 0.508 e. The third-order valence-electron chi connectivity index (χ3n) is 5.31. The molecule has 0 fully saturated rings. The fourth-order valence-electron chi connectivity index (χ4n) is 3.33. The minimum Gasteiger partial charge on any atom is -0.508 e. The number of hydrogen-bond donors (Lipinski definition) is 1. The third-order valence-corrected chi connectivity index (χ3v) is 5.31. The molecule has 0 amide bonds. The maximum Gasteiger partial charge on any atom is 0.383 e. The van der Waals surface area contributed by atoms with Gasteiger partial charge in [0, 0.05) is 6.07 Å². The maximum atomic E-state index is 12.7. The zero-order valence-electron chi connectivity index (χ0n) is 21.4. The van der Waals surface area contributed by atoms with Crippen molar-refractivity contribution in [2.75, 3.05) is 13.2 Å². The molecule has 0 bridgehead atoms. The number of aromatic hydroxyl groups is 1. The first-order chi connectivity index (χ1) is 16.2. The molecule has 1 N–H and O–H groups in total. The van der Waals surface area contributed by atoms with Crippen LogP contribution in [0.15, 0.2) is 74.0 Å². The van der Waals surface area contributed by atoms with E-state index in [0.29, 0.717) is 17.7 Å². The molecule has 184 valence electrons. The second-order valence-corrected chi connectivity index (χ2v) is 9.09. The molecule has 0 saturated carbocycles. The average molecular weight is 467 g/mol. The van der Waals surface area contributed by atoms with Crippen molar-refractivity contribution in [3.8, 4) is 17.2 Å². The van der Waals surface area contributed by atoms with Crippen molar-refractivity contribution >= 4 is 11.0 Å². The van der Waals surface area contributed by atoms with Gasteiger partial charge in [-0.05, 0) is 91.5 Å². The van der Waals surface area contributed by atoms with E-state index in [1.54, 1.807) is 6.07 Å². The SMILES string of the molecule is CC(C)=CCC/C(C)=C/COc1c(OC/C=C(\C)CCC=C(C)C)c2ccc(O)cc2oc1=O. The normalized spacial score (nSPS) is 11.9. The van der Waals surface area contributed by atoms with Gasteiger partial charge in [-0.2, -0.15) is 0 Å². The average Bonchev–Trinajstić information content (AvgIpc) is 2.74. The van der Waals surface area contributed by atoms with Crippen LogP contribution in [-0.4, -0.2) is 18.3 Å². The van der Waals surface area contributed by atoms with Gasteiger partial charge >= 0.3 is 5.63 Å². The predicted octanol–water partition coefficient (Wildman–Crippen LogP) is 7.64. The Morgan fingerprint density at radius 1 is 0.824 bits per heavy atom. The van der Waals surface area contributed by atoms with Gasteiger partial charge in [-0.25, -0.2) is 4.79 Å². The number of allylic oxidation sites excluding steroid dienone is 6. The number of rotatable bonds is 12. The molecular weight excluding hydrogens is 428 g/mol. The van der Waals surface area contributed by atoms with Crippen LogP contribution in [0.4, 0.5) is 0 Å². The van der Waals surface area contributed by atoms with Crippen LogP contribution in [0.1, 0.15) is 67.2 Å². The van der Waals surface area contributed by atoms with Crippen LogP contribution < -0.4 is 15.1 Å². The molecule has 0 atom stereocenters. The van der Waals surface area contributed by atoms with Crippen LogP contribution in [0, 0.1) is 0 Å². The standard InChI is InChI=1S/C29H38O5/c1-20(2)9-7-11-22(5)15-17-32-27-25-14-13-24(30)19-26(25)34-29(31)28(27)33-18-16-23(6)12-8-10-21(3)4/h9-10,13-16,19,30H,7-8,11-12,17-18H2,1-6H3/b22-15+,23-16+. The zero-order valence-corrected chi connectivity index (χ0v) is 21.4. The van der Waals surface area contributed by atoms with Crippen LogP contribution in [0.3, 0.4) is 0 Å². The van der Waals surface area contributed by atoms with E-state index in [0.717, 1.165) is 25.7 Å². The monoisotopic (exact) mass is 466 g/mol. The Morgan fingerprint density at radius 3 is 1.88 bits per heavy atom. The molecule has 0 saturated heterocycles. The van der Waals surface area contributed by atoms with Crippen LogP contribution >= 0.6 is 0 Å². The first-order valence-corrected chi connectivity index (χ1v) is 11.8. The Bertz CT molecular complexity index is 1140. The van der Waals surface area contributed by atoms with Gasteiger partial charge in [-0.3, -0.25) is 0 Å². The molecule has 1 aromatic heterocycles. The van der Waals surface area contributed by atoms with Gasteiger partial charge in [0.05, 0.1) is 5.39 Å². The van der Waals surface area contributed by atoms with Crippen molar-refractivity contribution < 1.29 is 19.0 Å². The Hall–Kier alpha value is -3.21. The number of phenolic OH excluding ortho intramolecular Hbond substituents is 1. The Kier molecular flexibility index (Phi) is 10.7. The topological polar surface area (TPSA) is 68.9 Å². The summed E-state index contributed by atoms with van der Waals surface area (Å²) in [7, 11) is 0. The molecule has 5 nitrogen and oxygen atoms in total. The van der Waals surface area contributed by atoms with Crippen LogP contribution in [0.25, 0.3) is 11.0 Å². The molecule has 0 aliphatic carbocycles. The molecular formula is C29H38O5. The molecule has 2 aromatic rings. The maximum absolute atomic E-state index is 12.7. The van der Waals surface area contributed by atoms with Gasteiger partial charge in [-0.1, -0.05) is 34.4 Å². The molecule has 0 radical (unpaired) electrons. The number of benzene rings is 1. The summed E-state index contributed by atoms with van der Waals surface area (Å²) in [5.41, 5.74) is 4.62. The summed E-state index contributed by atoms with van der Waals surface area (Å²) < 4.78 is 17.3. The quantitative estimate of drug-likeness (QED) is 0.257. The molecule has 0 aliphatic heterocycles. The summed E-state index contributed by atoms with van der Waals surface area (Å²) in [4.78, 5) is 12.7. The molecule has 1 aromatic carbocycles. The van der Waals surface area contributed by atoms with Gasteiger partial charge in [-0.15, -0.1) is 0 Å². The van der Waals surface area contributed by atoms with E-state index in [2.05, 4.69) is 46.8 Å². The number of ether oxygens (including phenoxy) is 2. The molecule has 0 spiro atoms. The summed E-state index contributed by atoms with van der Waals surface area (Å²) in [6.07, 6.45) is 12.2. The summed E-state index contributed by atoms with van der Waals surface area (Å²) in [6, 6.07) is 4.61. The van der Waals surface area contributed by atoms with Crippen molar-refractivity contribution in [2.45, 2.75) is 67.2 Å². The van der Waals surface area contributed by atoms with E-state index in [1.165, 1.54) is 34.4 Å². The first kappa shape index (κ1) is 27.0. The van der Waals surface area contributed by atoms with E-state index in [9.17, 15) is 9.90 Å². The molecule has 2 rings (SSSR count). The Labute approximate surface area is 203 Å². The molecule has 0 aliphatic rings.